The number of sulfone groups is 1. The van der Waals surface area contributed by atoms with Crippen LogP contribution in [-0.4, -0.2) is 89.7 Å². The molecule has 1 unspecified atom stereocenters. The van der Waals surface area contributed by atoms with Crippen molar-refractivity contribution in [2.24, 2.45) is 0 Å². The summed E-state index contributed by atoms with van der Waals surface area (Å²) in [5.41, 5.74) is 3.46. The topological polar surface area (TPSA) is 197 Å². The fourth-order valence-electron chi connectivity index (χ4n) is 6.81. The van der Waals surface area contributed by atoms with E-state index in [1.54, 1.807) is 63.2 Å². The number of piperidine rings is 1. The Bertz CT molecular complexity index is 2570. The summed E-state index contributed by atoms with van der Waals surface area (Å²) in [6, 6.07) is 14.0. The Balaban J connectivity index is 1.03. The maximum absolute atomic E-state index is 13.3. The van der Waals surface area contributed by atoms with E-state index >= 15 is 0 Å². The molecule has 0 aliphatic carbocycles. The second-order valence-electron chi connectivity index (χ2n) is 14.6. The normalized spacial score (nSPS) is 15.0. The summed E-state index contributed by atoms with van der Waals surface area (Å²) >= 11 is 6.43. The number of fused-ring (bicyclic) bond motifs is 1. The Morgan fingerprint density at radius 3 is 2.57 bits per heavy atom. The van der Waals surface area contributed by atoms with E-state index in [-0.39, 0.29) is 58.0 Å². The number of amides is 5. The van der Waals surface area contributed by atoms with Crippen molar-refractivity contribution in [1.82, 2.24) is 25.1 Å². The van der Waals surface area contributed by atoms with Crippen LogP contribution in [-0.2, 0) is 30.6 Å². The largest absolute Gasteiger partial charge is 0.495 e. The molecule has 15 nitrogen and oxygen atoms in total. The van der Waals surface area contributed by atoms with Gasteiger partial charge in [0.25, 0.3) is 11.8 Å². The van der Waals surface area contributed by atoms with Crippen molar-refractivity contribution < 1.29 is 37.1 Å². The number of unbranched alkanes of at least 4 members (excludes halogenated alkanes) is 1. The molecule has 0 bridgehead atoms. The van der Waals surface area contributed by atoms with Crippen molar-refractivity contribution >= 4 is 74.1 Å². The quantitative estimate of drug-likeness (QED) is 0.0792. The average molecular weight is 854 g/mol. The molecule has 3 heterocycles. The van der Waals surface area contributed by atoms with E-state index in [0.29, 0.717) is 48.5 Å². The second-order valence-corrected chi connectivity index (χ2v) is 17.5. The molecule has 4 aromatic rings. The molecule has 0 saturated carbocycles. The van der Waals surface area contributed by atoms with Gasteiger partial charge in [-0.1, -0.05) is 41.6 Å². The van der Waals surface area contributed by atoms with E-state index in [9.17, 15) is 32.4 Å². The van der Waals surface area contributed by atoms with Crippen molar-refractivity contribution in [3.8, 4) is 17.6 Å². The molecule has 2 aliphatic heterocycles. The highest BCUT2D eigenvalue weighted by Crippen LogP contribution is 2.34. The van der Waals surface area contributed by atoms with Crippen molar-refractivity contribution in [1.29, 1.82) is 0 Å². The first-order chi connectivity index (χ1) is 28.6. The minimum absolute atomic E-state index is 0.0299. The molecule has 0 radical (unpaired) electrons. The van der Waals surface area contributed by atoms with Gasteiger partial charge in [0.1, 0.15) is 16.8 Å². The van der Waals surface area contributed by atoms with E-state index in [1.165, 1.54) is 18.3 Å². The summed E-state index contributed by atoms with van der Waals surface area (Å²) in [5.74, 6) is 4.50. The highest BCUT2D eigenvalue weighted by molar-refractivity contribution is 7.92. The number of nitrogens with one attached hydrogen (secondary N) is 3. The van der Waals surface area contributed by atoms with Crippen molar-refractivity contribution in [3.63, 3.8) is 0 Å². The van der Waals surface area contributed by atoms with Gasteiger partial charge in [0.05, 0.1) is 46.0 Å². The molecule has 17 heteroatoms. The first-order valence-corrected chi connectivity index (χ1v) is 21.2. The van der Waals surface area contributed by atoms with Gasteiger partial charge in [0, 0.05) is 38.4 Å². The molecule has 1 saturated heterocycles. The number of ether oxygens (including phenoxy) is 1. The number of hydrogen-bond donors (Lipinski definition) is 3. The number of para-hydroxylation sites is 1. The van der Waals surface area contributed by atoms with E-state index in [4.69, 9.17) is 16.3 Å². The molecular weight excluding hydrogens is 810 g/mol. The number of aromatic nitrogens is 2. The standard InChI is InChI=1S/C43H44ClN7O8S/c1-25(2)60(57,58)35-16-10-9-15-31(35)46-39-30(44)24-45-43(49-39)47-32-22-26(3)28(23-34(32)59-5)20-21-50(4)37(53)17-8-6-7-12-27-13-11-14-29-38(27)42(56)51(41(29)55)33-18-19-36(52)48-40(33)54/h9-11,13-16,22-25,33H,6,8,17-21H2,1-5H3,(H,48,52,54)(H2,45,46,47,49). The second kappa shape index (κ2) is 18.3. The number of carbonyl (C=O) groups is 5. The molecule has 2 aliphatic rings. The number of imide groups is 2. The maximum Gasteiger partial charge on any atom is 0.263 e. The monoisotopic (exact) mass is 853 g/mol. The minimum atomic E-state index is -3.60. The summed E-state index contributed by atoms with van der Waals surface area (Å²) in [6.07, 6.45) is 3.15. The number of aryl methyl sites for hydroxylation is 1. The van der Waals surface area contributed by atoms with E-state index < -0.39 is 44.8 Å². The van der Waals surface area contributed by atoms with Crippen LogP contribution >= 0.6 is 11.6 Å². The molecule has 3 aromatic carbocycles. The highest BCUT2D eigenvalue weighted by Gasteiger charge is 2.45. The molecule has 60 heavy (non-hydrogen) atoms. The zero-order chi connectivity index (χ0) is 43.3. The zero-order valence-electron chi connectivity index (χ0n) is 33.7. The molecule has 0 spiro atoms. The van der Waals surface area contributed by atoms with Crippen LogP contribution in [0.25, 0.3) is 0 Å². The Morgan fingerprint density at radius 1 is 1.07 bits per heavy atom. The summed E-state index contributed by atoms with van der Waals surface area (Å²) in [7, 11) is -0.321. The number of methoxy groups -OCH3 is 1. The summed E-state index contributed by atoms with van der Waals surface area (Å²) < 4.78 is 31.7. The van der Waals surface area contributed by atoms with Crippen molar-refractivity contribution in [2.45, 2.75) is 75.5 Å². The van der Waals surface area contributed by atoms with Gasteiger partial charge in [0.2, 0.25) is 23.7 Å². The van der Waals surface area contributed by atoms with Crippen LogP contribution in [0.1, 0.15) is 83.4 Å². The van der Waals surface area contributed by atoms with Gasteiger partial charge in [0.15, 0.2) is 15.7 Å². The van der Waals surface area contributed by atoms with Gasteiger partial charge in [-0.05, 0) is 87.6 Å². The summed E-state index contributed by atoms with van der Waals surface area (Å²) in [6.45, 7) is 5.62. The van der Waals surface area contributed by atoms with E-state index in [0.717, 1.165) is 16.0 Å². The van der Waals surface area contributed by atoms with Crippen LogP contribution in [0.4, 0.5) is 23.1 Å². The van der Waals surface area contributed by atoms with Crippen LogP contribution in [0.15, 0.2) is 65.7 Å². The predicted molar refractivity (Wildman–Crippen MR) is 225 cm³/mol. The van der Waals surface area contributed by atoms with Gasteiger partial charge in [-0.3, -0.25) is 34.2 Å². The Labute approximate surface area is 353 Å². The number of benzene rings is 3. The van der Waals surface area contributed by atoms with Gasteiger partial charge in [-0.25, -0.2) is 13.4 Å². The molecule has 1 aromatic heterocycles. The zero-order valence-corrected chi connectivity index (χ0v) is 35.3. The Kier molecular flexibility index (Phi) is 13.2. The van der Waals surface area contributed by atoms with Crippen LogP contribution in [0, 0.1) is 18.8 Å². The molecular formula is C43H44ClN7O8S. The van der Waals surface area contributed by atoms with Crippen LogP contribution < -0.4 is 20.7 Å². The Hall–Kier alpha value is -6.31. The van der Waals surface area contributed by atoms with E-state index in [2.05, 4.69) is 37.8 Å². The van der Waals surface area contributed by atoms with Gasteiger partial charge < -0.3 is 20.3 Å². The first-order valence-electron chi connectivity index (χ1n) is 19.2. The number of anilines is 4. The lowest BCUT2D eigenvalue weighted by Crippen LogP contribution is -2.54. The minimum Gasteiger partial charge on any atom is -0.495 e. The molecule has 312 valence electrons. The van der Waals surface area contributed by atoms with Crippen LogP contribution in [0.5, 0.6) is 5.75 Å². The molecule has 1 atom stereocenters. The van der Waals surface area contributed by atoms with E-state index in [1.807, 2.05) is 19.1 Å². The third-order valence-corrected chi connectivity index (χ3v) is 12.7. The molecule has 6 rings (SSSR count). The number of rotatable bonds is 14. The maximum atomic E-state index is 13.3. The van der Waals surface area contributed by atoms with Crippen molar-refractivity contribution in [2.75, 3.05) is 31.3 Å². The first kappa shape index (κ1) is 43.3. The number of likely N-dealkylation sites (N-methyl/N-ethyl adjacent to an activating group) is 1. The molecule has 1 fully saturated rings. The number of nitrogens with zero attached hydrogens (tertiary/aromatic N) is 4. The third kappa shape index (κ3) is 9.27. The number of hydrogen-bond acceptors (Lipinski definition) is 12. The SMILES string of the molecule is COc1cc(CCN(C)C(=O)CCCC#Cc2cccc3c2C(=O)N(C2CCC(=O)NC2=O)C3=O)c(C)cc1Nc1ncc(Cl)c(Nc2ccccc2S(=O)(=O)C(C)C)n1. The fraction of sp³-hybridized carbons (Fsp3) is 0.326. The summed E-state index contributed by atoms with van der Waals surface area (Å²) in [4.78, 5) is 75.0. The lowest BCUT2D eigenvalue weighted by atomic mass is 10.0. The smallest absolute Gasteiger partial charge is 0.263 e. The molecule has 3 N–H and O–H groups in total. The summed E-state index contributed by atoms with van der Waals surface area (Å²) in [5, 5.41) is 7.97. The van der Waals surface area contributed by atoms with Crippen LogP contribution in [0.3, 0.4) is 0 Å². The highest BCUT2D eigenvalue weighted by atomic mass is 35.5. The number of carbonyl (C=O) groups excluding carboxylic acids is 5. The molecule has 5 amide bonds. The third-order valence-electron chi connectivity index (χ3n) is 10.2. The number of halogens is 1. The fourth-order valence-corrected chi connectivity index (χ4v) is 8.15. The van der Waals surface area contributed by atoms with Gasteiger partial charge >= 0.3 is 0 Å². The average Bonchev–Trinajstić information content (AvgIpc) is 3.47. The van der Waals surface area contributed by atoms with Gasteiger partial charge in [-0.15, -0.1) is 0 Å². The van der Waals surface area contributed by atoms with Crippen molar-refractivity contribution in [3.05, 3.63) is 93.6 Å². The predicted octanol–water partition coefficient (Wildman–Crippen LogP) is 5.74. The Morgan fingerprint density at radius 2 is 1.83 bits per heavy atom. The lowest BCUT2D eigenvalue weighted by Gasteiger charge is -2.27. The van der Waals surface area contributed by atoms with Gasteiger partial charge in [-0.2, -0.15) is 4.98 Å². The van der Waals surface area contributed by atoms with Crippen LogP contribution in [0.2, 0.25) is 5.02 Å². The lowest BCUT2D eigenvalue weighted by molar-refractivity contribution is -0.136.